The highest BCUT2D eigenvalue weighted by atomic mass is 32.2. The van der Waals surface area contributed by atoms with Gasteiger partial charge in [0, 0.05) is 33.1 Å². The molecule has 2 N–H and O–H groups in total. The molecule has 0 aliphatic rings. The third kappa shape index (κ3) is 5.36. The minimum Gasteiger partial charge on any atom is -0.481 e. The van der Waals surface area contributed by atoms with E-state index >= 15 is 0 Å². The standard InChI is InChI=1S/C14H22N2O6S/c1-10-12(23(20,21)16(2)3)9-11(22-10)14(19)15-8-6-4-5-7-13(17)18/h9H,4-8H2,1-3H3,(H,15,19)(H,17,18). The Labute approximate surface area is 135 Å². The van der Waals surface area contributed by atoms with Gasteiger partial charge in [-0.05, 0) is 19.8 Å². The second-order valence-electron chi connectivity index (χ2n) is 5.28. The lowest BCUT2D eigenvalue weighted by Gasteiger charge is -2.09. The van der Waals surface area contributed by atoms with E-state index in [0.29, 0.717) is 25.8 Å². The molecule has 0 radical (unpaired) electrons. The van der Waals surface area contributed by atoms with Crippen molar-refractivity contribution < 1.29 is 27.5 Å². The highest BCUT2D eigenvalue weighted by molar-refractivity contribution is 7.89. The van der Waals surface area contributed by atoms with Crippen molar-refractivity contribution in [2.24, 2.45) is 0 Å². The van der Waals surface area contributed by atoms with Crippen LogP contribution < -0.4 is 5.32 Å². The first-order valence-corrected chi connectivity index (χ1v) is 8.63. The number of aryl methyl sites for hydroxylation is 1. The molecular weight excluding hydrogens is 324 g/mol. The number of unbranched alkanes of at least 4 members (excludes halogenated alkanes) is 2. The van der Waals surface area contributed by atoms with Crippen LogP contribution in [0.25, 0.3) is 0 Å². The van der Waals surface area contributed by atoms with Crippen LogP contribution in [0.4, 0.5) is 0 Å². The maximum Gasteiger partial charge on any atom is 0.303 e. The zero-order chi connectivity index (χ0) is 17.6. The maximum atomic E-state index is 12.1. The molecule has 1 aromatic heterocycles. The molecule has 0 aliphatic heterocycles. The molecule has 8 nitrogen and oxygen atoms in total. The fourth-order valence-corrected chi connectivity index (χ4v) is 2.95. The first kappa shape index (κ1) is 19.2. The van der Waals surface area contributed by atoms with Crippen LogP contribution in [0.1, 0.15) is 42.0 Å². The molecule has 130 valence electrons. The van der Waals surface area contributed by atoms with Gasteiger partial charge in [0.05, 0.1) is 0 Å². The number of furan rings is 1. The number of sulfonamides is 1. The van der Waals surface area contributed by atoms with E-state index in [1.807, 2.05) is 0 Å². The summed E-state index contributed by atoms with van der Waals surface area (Å²) in [5, 5.41) is 11.1. The molecule has 0 saturated carbocycles. The summed E-state index contributed by atoms with van der Waals surface area (Å²) in [7, 11) is -0.854. The van der Waals surface area contributed by atoms with Crippen molar-refractivity contribution in [1.29, 1.82) is 0 Å². The summed E-state index contributed by atoms with van der Waals surface area (Å²) in [6.45, 7) is 1.85. The van der Waals surface area contributed by atoms with Crippen LogP contribution in [0.3, 0.4) is 0 Å². The summed E-state index contributed by atoms with van der Waals surface area (Å²) in [6.07, 6.45) is 1.99. The number of aliphatic carboxylic acids is 1. The van der Waals surface area contributed by atoms with Crippen LogP contribution in [0.2, 0.25) is 0 Å². The minimum absolute atomic E-state index is 0.0332. The second kappa shape index (κ2) is 8.11. The lowest BCUT2D eigenvalue weighted by atomic mass is 10.2. The van der Waals surface area contributed by atoms with E-state index in [1.54, 1.807) is 0 Å². The van der Waals surface area contributed by atoms with E-state index in [9.17, 15) is 18.0 Å². The summed E-state index contributed by atoms with van der Waals surface area (Å²) < 4.78 is 30.4. The Morgan fingerprint density at radius 1 is 1.26 bits per heavy atom. The Kier molecular flexibility index (Phi) is 6.77. The van der Waals surface area contributed by atoms with Gasteiger partial charge in [0.2, 0.25) is 10.0 Å². The van der Waals surface area contributed by atoms with Crippen molar-refractivity contribution in [2.45, 2.75) is 37.5 Å². The average molecular weight is 346 g/mol. The van der Waals surface area contributed by atoms with Crippen LogP contribution in [-0.4, -0.2) is 50.3 Å². The number of carboxylic acid groups (broad SMARTS) is 1. The molecule has 0 aliphatic carbocycles. The number of hydrogen-bond acceptors (Lipinski definition) is 5. The molecule has 0 bridgehead atoms. The number of carbonyl (C=O) groups excluding carboxylic acids is 1. The van der Waals surface area contributed by atoms with Gasteiger partial charge >= 0.3 is 5.97 Å². The van der Waals surface area contributed by atoms with Gasteiger partial charge < -0.3 is 14.8 Å². The molecule has 23 heavy (non-hydrogen) atoms. The molecule has 0 aromatic carbocycles. The fraction of sp³-hybridized carbons (Fsp3) is 0.571. The van der Waals surface area contributed by atoms with Crippen LogP contribution in [0.15, 0.2) is 15.4 Å². The van der Waals surface area contributed by atoms with Crippen LogP contribution in [-0.2, 0) is 14.8 Å². The predicted octanol–water partition coefficient (Wildman–Crippen LogP) is 1.21. The summed E-state index contributed by atoms with van der Waals surface area (Å²) in [5.41, 5.74) is 0. The Hall–Kier alpha value is -1.87. The maximum absolute atomic E-state index is 12.1. The zero-order valence-electron chi connectivity index (χ0n) is 13.5. The first-order valence-electron chi connectivity index (χ1n) is 7.19. The molecule has 1 amide bonds. The smallest absolute Gasteiger partial charge is 0.303 e. The van der Waals surface area contributed by atoms with Gasteiger partial charge in [0.1, 0.15) is 10.7 Å². The van der Waals surface area contributed by atoms with E-state index < -0.39 is 21.9 Å². The molecule has 1 heterocycles. The fourth-order valence-electron chi connectivity index (χ4n) is 1.90. The topological polar surface area (TPSA) is 117 Å². The Bertz CT molecular complexity index is 663. The van der Waals surface area contributed by atoms with Gasteiger partial charge in [0.25, 0.3) is 5.91 Å². The Morgan fingerprint density at radius 3 is 2.48 bits per heavy atom. The van der Waals surface area contributed by atoms with Gasteiger partial charge in [-0.25, -0.2) is 12.7 Å². The molecule has 0 atom stereocenters. The number of carbonyl (C=O) groups is 2. The van der Waals surface area contributed by atoms with Gasteiger partial charge in [-0.3, -0.25) is 9.59 Å². The molecule has 1 rings (SSSR count). The van der Waals surface area contributed by atoms with Crippen molar-refractivity contribution >= 4 is 21.9 Å². The summed E-state index contributed by atoms with van der Waals surface area (Å²) in [5.74, 6) is -1.24. The first-order chi connectivity index (χ1) is 10.7. The minimum atomic E-state index is -3.66. The summed E-state index contributed by atoms with van der Waals surface area (Å²) in [4.78, 5) is 22.3. The highest BCUT2D eigenvalue weighted by Gasteiger charge is 2.25. The average Bonchev–Trinajstić information content (AvgIpc) is 2.84. The van der Waals surface area contributed by atoms with E-state index in [1.165, 1.54) is 27.1 Å². The third-order valence-electron chi connectivity index (χ3n) is 3.21. The van der Waals surface area contributed by atoms with E-state index in [-0.39, 0.29) is 22.8 Å². The molecule has 0 saturated heterocycles. The van der Waals surface area contributed by atoms with Crippen molar-refractivity contribution in [3.05, 3.63) is 17.6 Å². The third-order valence-corrected chi connectivity index (χ3v) is 5.13. The Morgan fingerprint density at radius 2 is 1.91 bits per heavy atom. The number of nitrogens with one attached hydrogen (secondary N) is 1. The van der Waals surface area contributed by atoms with E-state index in [0.717, 1.165) is 4.31 Å². The second-order valence-corrected chi connectivity index (χ2v) is 7.40. The Balaban J connectivity index is 2.57. The lowest BCUT2D eigenvalue weighted by Crippen LogP contribution is -2.24. The van der Waals surface area contributed by atoms with Gasteiger partial charge in [0.15, 0.2) is 5.76 Å². The van der Waals surface area contributed by atoms with Gasteiger partial charge in [-0.2, -0.15) is 0 Å². The zero-order valence-corrected chi connectivity index (χ0v) is 14.3. The van der Waals surface area contributed by atoms with Crippen molar-refractivity contribution in [1.82, 2.24) is 9.62 Å². The van der Waals surface area contributed by atoms with Crippen LogP contribution >= 0.6 is 0 Å². The molecule has 0 spiro atoms. The van der Waals surface area contributed by atoms with Crippen molar-refractivity contribution in [3.8, 4) is 0 Å². The predicted molar refractivity (Wildman–Crippen MR) is 82.8 cm³/mol. The summed E-state index contributed by atoms with van der Waals surface area (Å²) in [6, 6.07) is 1.21. The number of nitrogens with zero attached hydrogens (tertiary/aromatic N) is 1. The molecular formula is C14H22N2O6S. The number of amides is 1. The molecule has 1 aromatic rings. The van der Waals surface area contributed by atoms with Gasteiger partial charge in [-0.15, -0.1) is 0 Å². The quantitative estimate of drug-likeness (QED) is 0.649. The van der Waals surface area contributed by atoms with Crippen LogP contribution in [0, 0.1) is 6.92 Å². The highest BCUT2D eigenvalue weighted by Crippen LogP contribution is 2.22. The number of hydrogen-bond donors (Lipinski definition) is 2. The normalized spacial score (nSPS) is 11.7. The molecule has 0 fully saturated rings. The van der Waals surface area contributed by atoms with Crippen LogP contribution in [0.5, 0.6) is 0 Å². The van der Waals surface area contributed by atoms with Gasteiger partial charge in [-0.1, -0.05) is 6.42 Å². The number of rotatable bonds is 9. The number of carboxylic acids is 1. The molecule has 0 unspecified atom stereocenters. The summed E-state index contributed by atoms with van der Waals surface area (Å²) >= 11 is 0. The van der Waals surface area contributed by atoms with E-state index in [4.69, 9.17) is 9.52 Å². The largest absolute Gasteiger partial charge is 0.481 e. The van der Waals surface area contributed by atoms with E-state index in [2.05, 4.69) is 5.32 Å². The monoisotopic (exact) mass is 346 g/mol. The SMILES string of the molecule is Cc1oc(C(=O)NCCCCCC(=O)O)cc1S(=O)(=O)N(C)C. The van der Waals surface area contributed by atoms with Crippen molar-refractivity contribution in [2.75, 3.05) is 20.6 Å². The molecule has 9 heteroatoms. The van der Waals surface area contributed by atoms with Crippen molar-refractivity contribution in [3.63, 3.8) is 0 Å². The lowest BCUT2D eigenvalue weighted by molar-refractivity contribution is -0.137.